The van der Waals surface area contributed by atoms with Crippen molar-refractivity contribution in [2.75, 3.05) is 26.2 Å². The summed E-state index contributed by atoms with van der Waals surface area (Å²) in [7, 11) is -2.82. The fraction of sp³-hybridized carbons (Fsp3) is 0.556. The Kier molecular flexibility index (Phi) is 4.55. The number of hydrogen-bond acceptors (Lipinski definition) is 2. The number of hydrogen-bond donors (Lipinski definition) is 1. The van der Waals surface area contributed by atoms with Crippen LogP contribution < -0.4 is 5.09 Å². The lowest BCUT2D eigenvalue weighted by Crippen LogP contribution is -2.34. The van der Waals surface area contributed by atoms with Crippen molar-refractivity contribution in [3.8, 4) is 0 Å². The fourth-order valence-electron chi connectivity index (χ4n) is 1.30. The van der Waals surface area contributed by atoms with Crippen LogP contribution >= 0.6 is 7.67 Å². The molecule has 1 fully saturated rings. The highest BCUT2D eigenvalue weighted by Crippen LogP contribution is 2.47. The number of rotatable bonds is 5. The maximum atomic E-state index is 12.2. The van der Waals surface area contributed by atoms with E-state index in [1.807, 2.05) is 0 Å². The summed E-state index contributed by atoms with van der Waals surface area (Å²) in [6.07, 6.45) is 4.32. The van der Waals surface area contributed by atoms with Gasteiger partial charge in [0.15, 0.2) is 0 Å². The summed E-state index contributed by atoms with van der Waals surface area (Å²) in [4.78, 5) is 0. The van der Waals surface area contributed by atoms with Crippen LogP contribution in [-0.4, -0.2) is 30.9 Å². The summed E-state index contributed by atoms with van der Waals surface area (Å²) in [6.45, 7) is 9.62. The van der Waals surface area contributed by atoms with Crippen molar-refractivity contribution in [1.29, 1.82) is 0 Å². The standard InChI is InChI=1S/C9H17N2O2P/c1-3-7-11(8-4-2)14(12)10-6-5-9-13-14/h3-4H,1-2,5-9H2,(H,10,12). The van der Waals surface area contributed by atoms with Crippen molar-refractivity contribution in [2.24, 2.45) is 0 Å². The van der Waals surface area contributed by atoms with Crippen molar-refractivity contribution in [2.45, 2.75) is 6.42 Å². The maximum Gasteiger partial charge on any atom is 0.343 e. The normalized spacial score (nSPS) is 27.5. The van der Waals surface area contributed by atoms with Gasteiger partial charge in [0.2, 0.25) is 0 Å². The Bertz CT molecular complexity index is 235. The van der Waals surface area contributed by atoms with Crippen molar-refractivity contribution in [3.63, 3.8) is 0 Å². The number of nitrogens with zero attached hydrogens (tertiary/aromatic N) is 1. The third-order valence-corrected chi connectivity index (χ3v) is 4.18. The third kappa shape index (κ3) is 2.79. The molecule has 0 aromatic carbocycles. The first-order chi connectivity index (χ1) is 6.73. The highest BCUT2D eigenvalue weighted by atomic mass is 31.2. The zero-order chi connectivity index (χ0) is 10.4. The van der Waals surface area contributed by atoms with Crippen LogP contribution in [0.1, 0.15) is 6.42 Å². The van der Waals surface area contributed by atoms with Gasteiger partial charge in [-0.15, -0.1) is 13.2 Å². The van der Waals surface area contributed by atoms with E-state index in [2.05, 4.69) is 18.2 Å². The van der Waals surface area contributed by atoms with Gasteiger partial charge >= 0.3 is 7.67 Å². The minimum absolute atomic E-state index is 0.538. The molecule has 0 aromatic heterocycles. The Morgan fingerprint density at radius 2 is 2.07 bits per heavy atom. The SMILES string of the molecule is C=CCN(CC=C)P1(=O)NCCCO1. The molecular formula is C9H17N2O2P. The molecule has 0 bridgehead atoms. The summed E-state index contributed by atoms with van der Waals surface area (Å²) in [5, 5.41) is 2.93. The lowest BCUT2D eigenvalue weighted by atomic mass is 10.5. The Morgan fingerprint density at radius 3 is 2.50 bits per heavy atom. The maximum absolute atomic E-state index is 12.2. The molecule has 1 aliphatic heterocycles. The summed E-state index contributed by atoms with van der Waals surface area (Å²) in [5.74, 6) is 0. The summed E-state index contributed by atoms with van der Waals surface area (Å²) in [6, 6.07) is 0. The van der Waals surface area contributed by atoms with Crippen LogP contribution in [0.25, 0.3) is 0 Å². The molecule has 1 aliphatic rings. The Morgan fingerprint density at radius 1 is 1.43 bits per heavy atom. The second kappa shape index (κ2) is 5.47. The van der Waals surface area contributed by atoms with Crippen molar-refractivity contribution < 1.29 is 9.09 Å². The molecule has 1 N–H and O–H groups in total. The first-order valence-electron chi connectivity index (χ1n) is 4.70. The molecule has 5 heteroatoms. The molecule has 0 aromatic rings. The molecule has 0 saturated carbocycles. The van der Waals surface area contributed by atoms with Gasteiger partial charge in [-0.3, -0.25) is 4.57 Å². The molecule has 1 unspecified atom stereocenters. The van der Waals surface area contributed by atoms with E-state index < -0.39 is 7.67 Å². The summed E-state index contributed by atoms with van der Waals surface area (Å²) in [5.41, 5.74) is 0. The van der Waals surface area contributed by atoms with Crippen LogP contribution in [0.4, 0.5) is 0 Å². The topological polar surface area (TPSA) is 41.6 Å². The van der Waals surface area contributed by atoms with Crippen LogP contribution in [0, 0.1) is 0 Å². The van der Waals surface area contributed by atoms with Gasteiger partial charge in [0.1, 0.15) is 0 Å². The molecule has 1 saturated heterocycles. The molecule has 4 nitrogen and oxygen atoms in total. The van der Waals surface area contributed by atoms with E-state index in [4.69, 9.17) is 4.52 Å². The molecule has 14 heavy (non-hydrogen) atoms. The van der Waals surface area contributed by atoms with Gasteiger partial charge in [-0.2, -0.15) is 0 Å². The molecule has 1 atom stereocenters. The monoisotopic (exact) mass is 216 g/mol. The summed E-state index contributed by atoms with van der Waals surface area (Å²) >= 11 is 0. The van der Waals surface area contributed by atoms with Crippen LogP contribution in [0.15, 0.2) is 25.3 Å². The molecule has 1 heterocycles. The third-order valence-electron chi connectivity index (χ3n) is 1.95. The quantitative estimate of drug-likeness (QED) is 0.562. The zero-order valence-corrected chi connectivity index (χ0v) is 9.21. The highest BCUT2D eigenvalue weighted by Gasteiger charge is 2.32. The predicted molar refractivity (Wildman–Crippen MR) is 58.1 cm³/mol. The molecule has 0 amide bonds. The molecule has 0 spiro atoms. The average Bonchev–Trinajstić information content (AvgIpc) is 2.19. The first kappa shape index (κ1) is 11.7. The van der Waals surface area contributed by atoms with E-state index in [-0.39, 0.29) is 0 Å². The van der Waals surface area contributed by atoms with E-state index in [0.29, 0.717) is 19.7 Å². The van der Waals surface area contributed by atoms with Crippen LogP contribution in [-0.2, 0) is 9.09 Å². The lowest BCUT2D eigenvalue weighted by Gasteiger charge is -2.32. The zero-order valence-electron chi connectivity index (χ0n) is 8.32. The lowest BCUT2D eigenvalue weighted by molar-refractivity contribution is 0.237. The van der Waals surface area contributed by atoms with Gasteiger partial charge in [0, 0.05) is 19.6 Å². The average molecular weight is 216 g/mol. The summed E-state index contributed by atoms with van der Waals surface area (Å²) < 4.78 is 19.2. The van der Waals surface area contributed by atoms with E-state index in [1.165, 1.54) is 0 Å². The van der Waals surface area contributed by atoms with Gasteiger partial charge in [-0.05, 0) is 6.42 Å². The Balaban J connectivity index is 2.67. The van der Waals surface area contributed by atoms with Gasteiger partial charge in [-0.25, -0.2) is 9.76 Å². The second-order valence-electron chi connectivity index (χ2n) is 3.06. The van der Waals surface area contributed by atoms with Gasteiger partial charge in [0.25, 0.3) is 0 Å². The Hall–Kier alpha value is -0.410. The van der Waals surface area contributed by atoms with E-state index >= 15 is 0 Å². The molecule has 80 valence electrons. The van der Waals surface area contributed by atoms with Crippen LogP contribution in [0.5, 0.6) is 0 Å². The molecular weight excluding hydrogens is 199 g/mol. The van der Waals surface area contributed by atoms with E-state index in [0.717, 1.165) is 13.0 Å². The minimum Gasteiger partial charge on any atom is -0.306 e. The molecule has 0 radical (unpaired) electrons. The fourth-order valence-corrected chi connectivity index (χ4v) is 3.23. The Labute approximate surface area is 85.2 Å². The van der Waals surface area contributed by atoms with Crippen LogP contribution in [0.2, 0.25) is 0 Å². The minimum atomic E-state index is -2.82. The van der Waals surface area contributed by atoms with Gasteiger partial charge < -0.3 is 4.52 Å². The van der Waals surface area contributed by atoms with E-state index in [9.17, 15) is 4.57 Å². The van der Waals surface area contributed by atoms with Crippen molar-refractivity contribution >= 4 is 7.67 Å². The van der Waals surface area contributed by atoms with Crippen LogP contribution in [0.3, 0.4) is 0 Å². The predicted octanol–water partition coefficient (Wildman–Crippen LogP) is 1.78. The number of nitrogens with one attached hydrogen (secondary N) is 1. The van der Waals surface area contributed by atoms with Crippen molar-refractivity contribution in [3.05, 3.63) is 25.3 Å². The molecule has 1 rings (SSSR count). The van der Waals surface area contributed by atoms with E-state index in [1.54, 1.807) is 16.8 Å². The smallest absolute Gasteiger partial charge is 0.306 e. The second-order valence-corrected chi connectivity index (χ2v) is 5.25. The highest BCUT2D eigenvalue weighted by molar-refractivity contribution is 7.54. The first-order valence-corrected chi connectivity index (χ1v) is 6.27. The van der Waals surface area contributed by atoms with Gasteiger partial charge in [0.05, 0.1) is 6.61 Å². The molecule has 0 aliphatic carbocycles. The van der Waals surface area contributed by atoms with Gasteiger partial charge in [-0.1, -0.05) is 12.2 Å². The largest absolute Gasteiger partial charge is 0.343 e. The van der Waals surface area contributed by atoms with Crippen molar-refractivity contribution in [1.82, 2.24) is 9.76 Å².